The standard InChI is InChI=1S/C65H75BN2/c1-61(2,3)49-32-38-56-54(40-49)66-55-41-50(65(11,12)46-26-20-15-21-27-46)33-39-57(55)68(53-36-30-48(31-37-53)64(9,10)45-24-18-14-19-25-45)59-43-51(62(4,5)6)42-58(60(59)66)67(56)52-34-28-47(29-35-52)63(7,8)44-22-16-13-17-23-44/h14-16,18-20,22,24-26,28-38,40-44,57H,13,17,21,23,27,39H2,1-12H3. The van der Waals surface area contributed by atoms with E-state index in [4.69, 9.17) is 0 Å². The lowest BCUT2D eigenvalue weighted by Crippen LogP contribution is -2.61. The maximum absolute atomic E-state index is 2.75. The summed E-state index contributed by atoms with van der Waals surface area (Å²) in [4.78, 5) is 5.38. The second kappa shape index (κ2) is 16.9. The van der Waals surface area contributed by atoms with Gasteiger partial charge in [-0.3, -0.25) is 0 Å². The Kier molecular flexibility index (Phi) is 11.5. The number of hydrogen-bond donors (Lipinski definition) is 0. The van der Waals surface area contributed by atoms with Gasteiger partial charge >= 0.3 is 0 Å². The lowest BCUT2D eigenvalue weighted by molar-refractivity contribution is 0.345. The van der Waals surface area contributed by atoms with Gasteiger partial charge in [0, 0.05) is 39.3 Å². The van der Waals surface area contributed by atoms with Crippen LogP contribution in [-0.4, -0.2) is 12.8 Å². The van der Waals surface area contributed by atoms with Crippen molar-refractivity contribution >= 4 is 46.1 Å². The molecule has 0 saturated heterocycles. The molecule has 10 rings (SSSR count). The third kappa shape index (κ3) is 7.90. The van der Waals surface area contributed by atoms with E-state index in [0.29, 0.717) is 5.92 Å². The molecule has 0 amide bonds. The van der Waals surface area contributed by atoms with E-state index >= 15 is 0 Å². The summed E-state index contributed by atoms with van der Waals surface area (Å²) in [6.45, 7) is 28.9. The van der Waals surface area contributed by atoms with Crippen LogP contribution in [0.3, 0.4) is 0 Å². The van der Waals surface area contributed by atoms with Crippen molar-refractivity contribution in [1.82, 2.24) is 0 Å². The predicted molar refractivity (Wildman–Crippen MR) is 295 cm³/mol. The van der Waals surface area contributed by atoms with Crippen LogP contribution in [0.5, 0.6) is 0 Å². The Labute approximate surface area is 410 Å². The van der Waals surface area contributed by atoms with E-state index in [0.717, 1.165) is 19.3 Å². The molecule has 0 fully saturated rings. The Hall–Kier alpha value is -5.54. The van der Waals surface area contributed by atoms with Gasteiger partial charge in [0.2, 0.25) is 6.71 Å². The second-order valence-electron chi connectivity index (χ2n) is 24.5. The van der Waals surface area contributed by atoms with Crippen LogP contribution in [0.15, 0.2) is 168 Å². The normalized spacial score (nSPS) is 19.5. The lowest BCUT2D eigenvalue weighted by Gasteiger charge is -2.50. The molecule has 0 N–H and O–H groups in total. The maximum Gasteiger partial charge on any atom is 0.247 e. The van der Waals surface area contributed by atoms with Crippen molar-refractivity contribution in [3.05, 3.63) is 196 Å². The van der Waals surface area contributed by atoms with Crippen LogP contribution in [-0.2, 0) is 21.7 Å². The van der Waals surface area contributed by atoms with E-state index in [1.807, 2.05) is 0 Å². The highest BCUT2D eigenvalue weighted by Crippen LogP contribution is 2.51. The summed E-state index contributed by atoms with van der Waals surface area (Å²) in [5.74, 6) is 0.542. The van der Waals surface area contributed by atoms with Crippen molar-refractivity contribution in [3.63, 3.8) is 0 Å². The minimum absolute atomic E-state index is 0.00972. The summed E-state index contributed by atoms with van der Waals surface area (Å²) < 4.78 is 0. The van der Waals surface area contributed by atoms with Crippen molar-refractivity contribution in [2.75, 3.05) is 9.80 Å². The number of hydrogen-bond acceptors (Lipinski definition) is 2. The molecule has 348 valence electrons. The first kappa shape index (κ1) is 46.2. The molecule has 0 spiro atoms. The van der Waals surface area contributed by atoms with Crippen molar-refractivity contribution in [2.24, 2.45) is 11.3 Å². The fourth-order valence-electron chi connectivity index (χ4n) is 12.3. The highest BCUT2D eigenvalue weighted by molar-refractivity contribution is 6.95. The minimum Gasteiger partial charge on any atom is -0.335 e. The zero-order valence-electron chi connectivity index (χ0n) is 43.3. The van der Waals surface area contributed by atoms with Gasteiger partial charge in [0.1, 0.15) is 0 Å². The minimum atomic E-state index is -0.132. The maximum atomic E-state index is 2.75. The highest BCUT2D eigenvalue weighted by Gasteiger charge is 2.49. The molecule has 2 nitrogen and oxygen atoms in total. The number of nitrogens with zero attached hydrogens (tertiary/aromatic N) is 2. The highest BCUT2D eigenvalue weighted by atomic mass is 15.2. The van der Waals surface area contributed by atoms with Crippen LogP contribution in [0.2, 0.25) is 0 Å². The summed E-state index contributed by atoms with van der Waals surface area (Å²) in [7, 11) is 0. The molecule has 2 heterocycles. The quantitative estimate of drug-likeness (QED) is 0.113. The Morgan fingerprint density at radius 2 is 1.22 bits per heavy atom. The molecule has 2 atom stereocenters. The number of anilines is 5. The molecule has 5 aromatic carbocycles. The molecule has 0 bridgehead atoms. The molecule has 2 aliphatic heterocycles. The van der Waals surface area contributed by atoms with Crippen LogP contribution >= 0.6 is 0 Å². The first-order valence-electron chi connectivity index (χ1n) is 25.9. The van der Waals surface area contributed by atoms with Crippen LogP contribution in [0.4, 0.5) is 28.4 Å². The van der Waals surface area contributed by atoms with Gasteiger partial charge in [0.25, 0.3) is 0 Å². The van der Waals surface area contributed by atoms with Crippen LogP contribution in [0.25, 0.3) is 0 Å². The van der Waals surface area contributed by atoms with Crippen molar-refractivity contribution in [1.29, 1.82) is 0 Å². The Morgan fingerprint density at radius 1 is 0.574 bits per heavy atom. The van der Waals surface area contributed by atoms with Gasteiger partial charge in [0.05, 0.1) is 6.04 Å². The Morgan fingerprint density at radius 3 is 1.87 bits per heavy atom. The molecular weight excluding hydrogens is 820 g/mol. The molecule has 5 aromatic rings. The SMILES string of the molecule is CC(C)(C1=CCC2C(=C1)B1c3cc(C(C)(C)C)ccc3N(c3ccc(C(C)(C)C4C=CCCC4)cc3)c3cc(C(C)(C)C)cc(c31)N2c1ccc(C(C)(C)c2ccccc2)cc1)C1=CC=CCC1. The van der Waals surface area contributed by atoms with Gasteiger partial charge in [0.15, 0.2) is 0 Å². The molecular formula is C65H75BN2. The monoisotopic (exact) mass is 895 g/mol. The van der Waals surface area contributed by atoms with E-state index in [2.05, 4.69) is 245 Å². The number of allylic oxidation sites excluding steroid dienone is 8. The van der Waals surface area contributed by atoms with Gasteiger partial charge in [-0.15, -0.1) is 0 Å². The molecule has 5 aliphatic rings. The third-order valence-electron chi connectivity index (χ3n) is 17.1. The number of benzene rings is 5. The average Bonchev–Trinajstić information content (AvgIpc) is 3.33. The molecule has 0 saturated carbocycles. The van der Waals surface area contributed by atoms with Crippen molar-refractivity contribution < 1.29 is 0 Å². The van der Waals surface area contributed by atoms with Crippen LogP contribution < -0.4 is 20.7 Å². The van der Waals surface area contributed by atoms with E-state index in [1.54, 1.807) is 0 Å². The Balaban J connectivity index is 1.22. The average molecular weight is 895 g/mol. The van der Waals surface area contributed by atoms with Gasteiger partial charge in [-0.2, -0.15) is 0 Å². The molecule has 2 unspecified atom stereocenters. The van der Waals surface area contributed by atoms with Crippen LogP contribution in [0, 0.1) is 11.3 Å². The second-order valence-corrected chi connectivity index (χ2v) is 24.5. The Bertz CT molecular complexity index is 2880. The third-order valence-corrected chi connectivity index (χ3v) is 17.1. The summed E-state index contributed by atoms with van der Waals surface area (Å²) in [6, 6.07) is 43.1. The van der Waals surface area contributed by atoms with E-state index < -0.39 is 0 Å². The largest absolute Gasteiger partial charge is 0.335 e. The number of fused-ring (bicyclic) bond motifs is 4. The van der Waals surface area contributed by atoms with Gasteiger partial charge in [-0.05, 0) is 147 Å². The van der Waals surface area contributed by atoms with Gasteiger partial charge in [-0.1, -0.05) is 203 Å². The number of rotatable bonds is 8. The van der Waals surface area contributed by atoms with E-state index in [1.165, 1.54) is 103 Å². The lowest BCUT2D eigenvalue weighted by atomic mass is 9.31. The van der Waals surface area contributed by atoms with Gasteiger partial charge in [-0.25, -0.2) is 0 Å². The topological polar surface area (TPSA) is 6.48 Å². The van der Waals surface area contributed by atoms with Gasteiger partial charge < -0.3 is 9.80 Å². The van der Waals surface area contributed by atoms with Crippen molar-refractivity contribution in [2.45, 2.75) is 149 Å². The molecule has 3 heteroatoms. The van der Waals surface area contributed by atoms with E-state index in [-0.39, 0.29) is 39.8 Å². The van der Waals surface area contributed by atoms with E-state index in [9.17, 15) is 0 Å². The van der Waals surface area contributed by atoms with Crippen molar-refractivity contribution in [3.8, 4) is 0 Å². The fraction of sp³-hybridized carbons (Fsp3) is 0.385. The summed E-state index contributed by atoms with van der Waals surface area (Å²) in [6.07, 6.45) is 24.0. The summed E-state index contributed by atoms with van der Waals surface area (Å²) in [5, 5.41) is 0. The molecule has 0 aromatic heterocycles. The first-order valence-corrected chi connectivity index (χ1v) is 25.9. The summed E-state index contributed by atoms with van der Waals surface area (Å²) in [5.41, 5.74) is 20.3. The van der Waals surface area contributed by atoms with Crippen LogP contribution in [0.1, 0.15) is 149 Å². The fourth-order valence-corrected chi connectivity index (χ4v) is 12.3. The predicted octanol–water partition coefficient (Wildman–Crippen LogP) is 16.3. The summed E-state index contributed by atoms with van der Waals surface area (Å²) >= 11 is 0. The first-order chi connectivity index (χ1) is 32.3. The zero-order chi connectivity index (χ0) is 48.0. The molecule has 68 heavy (non-hydrogen) atoms. The zero-order valence-corrected chi connectivity index (χ0v) is 43.3. The molecule has 3 aliphatic carbocycles. The molecule has 0 radical (unpaired) electrons. The smallest absolute Gasteiger partial charge is 0.247 e.